The predicted octanol–water partition coefficient (Wildman–Crippen LogP) is 4.01. The summed E-state index contributed by atoms with van der Waals surface area (Å²) in [6.07, 6.45) is 4.63. The van der Waals surface area contributed by atoms with Crippen molar-refractivity contribution in [2.45, 2.75) is 39.5 Å². The fraction of sp³-hybridized carbons (Fsp3) is 0.625. The Balaban J connectivity index is 1.91. The van der Waals surface area contributed by atoms with Crippen LogP contribution in [0.1, 0.15) is 39.5 Å². The second-order valence-electron chi connectivity index (χ2n) is 5.32. The Morgan fingerprint density at radius 1 is 1.16 bits per heavy atom. The maximum Gasteiger partial charge on any atom is 0.126 e. The molecule has 0 atom stereocenters. The minimum absolute atomic E-state index is 0.242. The molecule has 0 fully saturated rings. The molecule has 0 aliphatic carbocycles. The van der Waals surface area contributed by atoms with Crippen molar-refractivity contribution in [3.63, 3.8) is 0 Å². The van der Waals surface area contributed by atoms with Gasteiger partial charge >= 0.3 is 0 Å². The van der Waals surface area contributed by atoms with Crippen molar-refractivity contribution >= 4 is 0 Å². The van der Waals surface area contributed by atoms with Crippen LogP contribution in [-0.2, 0) is 0 Å². The summed E-state index contributed by atoms with van der Waals surface area (Å²) in [6, 6.07) is 6.32. The Kier molecular flexibility index (Phi) is 8.23. The Hall–Kier alpha value is -1.09. The number of hydrogen-bond donors (Lipinski definition) is 1. The lowest BCUT2D eigenvalue weighted by molar-refractivity contribution is 0.303. The molecule has 0 bridgehead atoms. The molecule has 0 aromatic heterocycles. The van der Waals surface area contributed by atoms with E-state index in [9.17, 15) is 4.39 Å². The van der Waals surface area contributed by atoms with Crippen molar-refractivity contribution in [2.75, 3.05) is 19.7 Å². The van der Waals surface area contributed by atoms with Gasteiger partial charge < -0.3 is 10.1 Å². The summed E-state index contributed by atoms with van der Waals surface area (Å²) < 4.78 is 18.4. The molecule has 0 unspecified atom stereocenters. The fourth-order valence-corrected chi connectivity index (χ4v) is 1.84. The van der Waals surface area contributed by atoms with Crippen LogP contribution in [-0.4, -0.2) is 19.7 Å². The zero-order valence-electron chi connectivity index (χ0n) is 12.1. The number of hydrogen-bond acceptors (Lipinski definition) is 2. The van der Waals surface area contributed by atoms with E-state index < -0.39 is 0 Å². The topological polar surface area (TPSA) is 21.3 Å². The first-order valence-electron chi connectivity index (χ1n) is 7.27. The first-order chi connectivity index (χ1) is 9.18. The minimum atomic E-state index is -0.242. The second-order valence-corrected chi connectivity index (χ2v) is 5.32. The quantitative estimate of drug-likeness (QED) is 0.647. The third kappa shape index (κ3) is 8.60. The van der Waals surface area contributed by atoms with Crippen LogP contribution in [0.15, 0.2) is 24.3 Å². The summed E-state index contributed by atoms with van der Waals surface area (Å²) in [4.78, 5) is 0. The minimum Gasteiger partial charge on any atom is -0.493 e. The maximum atomic E-state index is 12.9. The normalized spacial score (nSPS) is 10.9. The van der Waals surface area contributed by atoms with Gasteiger partial charge in [0.25, 0.3) is 0 Å². The molecular weight excluding hydrogens is 241 g/mol. The predicted molar refractivity (Wildman–Crippen MR) is 78.1 cm³/mol. The van der Waals surface area contributed by atoms with Gasteiger partial charge in [-0.3, -0.25) is 0 Å². The summed E-state index contributed by atoms with van der Waals surface area (Å²) in [7, 11) is 0. The summed E-state index contributed by atoms with van der Waals surface area (Å²) >= 11 is 0. The summed E-state index contributed by atoms with van der Waals surface area (Å²) in [6.45, 7) is 7.31. The van der Waals surface area contributed by atoms with Crippen LogP contribution in [0.2, 0.25) is 0 Å². The van der Waals surface area contributed by atoms with Crippen molar-refractivity contribution in [3.05, 3.63) is 30.1 Å². The third-order valence-corrected chi connectivity index (χ3v) is 2.87. The van der Waals surface area contributed by atoms with Crippen LogP contribution >= 0.6 is 0 Å². The van der Waals surface area contributed by atoms with Crippen LogP contribution in [0, 0.1) is 11.7 Å². The van der Waals surface area contributed by atoms with Crippen LogP contribution < -0.4 is 10.1 Å². The second kappa shape index (κ2) is 9.79. The number of halogens is 1. The molecule has 0 amide bonds. The Labute approximate surface area is 116 Å². The molecule has 108 valence electrons. The van der Waals surface area contributed by atoms with Crippen LogP contribution in [0.5, 0.6) is 5.75 Å². The number of benzene rings is 1. The molecular formula is C16H26FNO. The highest BCUT2D eigenvalue weighted by atomic mass is 19.1. The lowest BCUT2D eigenvalue weighted by atomic mass is 10.2. The van der Waals surface area contributed by atoms with E-state index in [1.54, 1.807) is 12.1 Å². The summed E-state index contributed by atoms with van der Waals surface area (Å²) in [5.41, 5.74) is 0. The number of rotatable bonds is 10. The number of nitrogens with one attached hydrogen (secondary N) is 1. The largest absolute Gasteiger partial charge is 0.493 e. The van der Waals surface area contributed by atoms with Crippen molar-refractivity contribution in [2.24, 2.45) is 5.92 Å². The van der Waals surface area contributed by atoms with Gasteiger partial charge in [0.15, 0.2) is 0 Å². The molecule has 1 N–H and O–H groups in total. The molecule has 1 aromatic rings. The average Bonchev–Trinajstić information content (AvgIpc) is 2.36. The van der Waals surface area contributed by atoms with Gasteiger partial charge in [-0.1, -0.05) is 32.8 Å². The van der Waals surface area contributed by atoms with Gasteiger partial charge in [0.2, 0.25) is 0 Å². The van der Waals surface area contributed by atoms with Crippen molar-refractivity contribution in [3.8, 4) is 5.75 Å². The Bertz CT molecular complexity index is 341. The van der Waals surface area contributed by atoms with E-state index in [-0.39, 0.29) is 5.82 Å². The van der Waals surface area contributed by atoms with Gasteiger partial charge in [-0.2, -0.15) is 0 Å². The van der Waals surface area contributed by atoms with Crippen molar-refractivity contribution in [1.82, 2.24) is 5.32 Å². The van der Waals surface area contributed by atoms with E-state index >= 15 is 0 Å². The molecule has 0 saturated carbocycles. The molecule has 0 radical (unpaired) electrons. The highest BCUT2D eigenvalue weighted by Crippen LogP contribution is 2.12. The van der Waals surface area contributed by atoms with Gasteiger partial charge in [-0.25, -0.2) is 4.39 Å². The Morgan fingerprint density at radius 3 is 2.68 bits per heavy atom. The van der Waals surface area contributed by atoms with Gasteiger partial charge in [-0.05, 0) is 44.0 Å². The zero-order valence-corrected chi connectivity index (χ0v) is 12.1. The van der Waals surface area contributed by atoms with Crippen LogP contribution in [0.3, 0.4) is 0 Å². The third-order valence-electron chi connectivity index (χ3n) is 2.87. The first-order valence-corrected chi connectivity index (χ1v) is 7.27. The molecule has 0 aliphatic rings. The van der Waals surface area contributed by atoms with Gasteiger partial charge in [-0.15, -0.1) is 0 Å². The molecule has 0 aliphatic heterocycles. The number of unbranched alkanes of at least 4 members (excludes halogenated alkanes) is 3. The summed E-state index contributed by atoms with van der Waals surface area (Å²) in [5, 5.41) is 3.43. The highest BCUT2D eigenvalue weighted by Gasteiger charge is 1.96. The smallest absolute Gasteiger partial charge is 0.126 e. The van der Waals surface area contributed by atoms with Gasteiger partial charge in [0.05, 0.1) is 6.61 Å². The molecule has 1 rings (SSSR count). The SMILES string of the molecule is CC(C)CNCCCCCCOc1cccc(F)c1. The number of ether oxygens (including phenoxy) is 1. The molecule has 2 nitrogen and oxygen atoms in total. The van der Waals surface area contributed by atoms with E-state index in [0.717, 1.165) is 25.4 Å². The lowest BCUT2D eigenvalue weighted by Gasteiger charge is -2.08. The van der Waals surface area contributed by atoms with E-state index in [4.69, 9.17) is 4.74 Å². The van der Waals surface area contributed by atoms with E-state index in [0.29, 0.717) is 12.4 Å². The average molecular weight is 267 g/mol. The maximum absolute atomic E-state index is 12.9. The fourth-order valence-electron chi connectivity index (χ4n) is 1.84. The highest BCUT2D eigenvalue weighted by molar-refractivity contribution is 5.22. The van der Waals surface area contributed by atoms with Gasteiger partial charge in [0, 0.05) is 6.07 Å². The van der Waals surface area contributed by atoms with E-state index in [1.807, 2.05) is 0 Å². The monoisotopic (exact) mass is 267 g/mol. The molecule has 3 heteroatoms. The lowest BCUT2D eigenvalue weighted by Crippen LogP contribution is -2.20. The van der Waals surface area contributed by atoms with E-state index in [1.165, 1.54) is 31.4 Å². The van der Waals surface area contributed by atoms with Gasteiger partial charge in [0.1, 0.15) is 11.6 Å². The molecule has 0 saturated heterocycles. The van der Waals surface area contributed by atoms with Crippen LogP contribution in [0.4, 0.5) is 4.39 Å². The molecule has 0 heterocycles. The van der Waals surface area contributed by atoms with Crippen molar-refractivity contribution in [1.29, 1.82) is 0 Å². The van der Waals surface area contributed by atoms with Crippen LogP contribution in [0.25, 0.3) is 0 Å². The molecule has 19 heavy (non-hydrogen) atoms. The summed E-state index contributed by atoms with van der Waals surface area (Å²) in [5.74, 6) is 1.10. The van der Waals surface area contributed by atoms with E-state index in [2.05, 4.69) is 19.2 Å². The Morgan fingerprint density at radius 2 is 1.95 bits per heavy atom. The standard InChI is InChI=1S/C16H26FNO/c1-14(2)13-18-10-5-3-4-6-11-19-16-9-7-8-15(17)12-16/h7-9,12,14,18H,3-6,10-11,13H2,1-2H3. The first kappa shape index (κ1) is 16.0. The van der Waals surface area contributed by atoms with Crippen molar-refractivity contribution < 1.29 is 9.13 Å². The zero-order chi connectivity index (χ0) is 13.9. The molecule has 0 spiro atoms. The molecule has 1 aromatic carbocycles.